The number of nitrogens with one attached hydrogen (secondary N) is 1. The predicted molar refractivity (Wildman–Crippen MR) is 77.0 cm³/mol. The molecule has 0 amide bonds. The van der Waals surface area contributed by atoms with E-state index in [0.29, 0.717) is 16.4 Å². The Bertz CT molecular complexity index is 414. The first kappa shape index (κ1) is 15.5. The van der Waals surface area contributed by atoms with Crippen LogP contribution in [0.4, 0.5) is 13.2 Å². The van der Waals surface area contributed by atoms with Crippen molar-refractivity contribution >= 4 is 34.9 Å². The number of hydrogen-bond donors (Lipinski definition) is 1. The summed E-state index contributed by atoms with van der Waals surface area (Å²) in [4.78, 5) is 4.18. The number of halogens is 3. The van der Waals surface area contributed by atoms with Crippen LogP contribution in [0.5, 0.6) is 0 Å². The molecule has 0 aromatic carbocycles. The van der Waals surface area contributed by atoms with Gasteiger partial charge in [0, 0.05) is 23.8 Å². The normalized spacial score (nSPS) is 20.7. The fourth-order valence-corrected chi connectivity index (χ4v) is 5.76. The Morgan fingerprint density at radius 2 is 2.16 bits per heavy atom. The molecule has 108 valence electrons. The van der Waals surface area contributed by atoms with Crippen LogP contribution in [0.1, 0.15) is 27.8 Å². The van der Waals surface area contributed by atoms with Crippen LogP contribution in [0.15, 0.2) is 0 Å². The van der Waals surface area contributed by atoms with Gasteiger partial charge in [-0.05, 0) is 6.54 Å². The smallest absolute Gasteiger partial charge is 0.312 e. The second-order valence-electron chi connectivity index (χ2n) is 4.04. The molecule has 1 aliphatic rings. The maximum absolute atomic E-state index is 13.0. The summed E-state index contributed by atoms with van der Waals surface area (Å²) in [6, 6.07) is 0. The van der Waals surface area contributed by atoms with Gasteiger partial charge in [-0.2, -0.15) is 24.9 Å². The summed E-state index contributed by atoms with van der Waals surface area (Å²) in [5.41, 5.74) is -0.704. The summed E-state index contributed by atoms with van der Waals surface area (Å²) >= 11 is 4.70. The van der Waals surface area contributed by atoms with E-state index in [9.17, 15) is 13.2 Å². The van der Waals surface area contributed by atoms with Crippen LogP contribution in [0.2, 0.25) is 0 Å². The lowest BCUT2D eigenvalue weighted by atomic mass is 10.3. The molecule has 1 unspecified atom stereocenters. The Kier molecular flexibility index (Phi) is 5.45. The highest BCUT2D eigenvalue weighted by Gasteiger charge is 2.38. The molecule has 0 bridgehead atoms. The van der Waals surface area contributed by atoms with E-state index in [1.165, 1.54) is 11.3 Å². The molecular formula is C11H15F3N2S3. The van der Waals surface area contributed by atoms with E-state index in [0.717, 1.165) is 17.3 Å². The minimum absolute atomic E-state index is 0.111. The van der Waals surface area contributed by atoms with Gasteiger partial charge in [0.25, 0.3) is 0 Å². The van der Waals surface area contributed by atoms with Gasteiger partial charge in [-0.25, -0.2) is 4.98 Å². The molecule has 1 aromatic rings. The van der Waals surface area contributed by atoms with E-state index >= 15 is 0 Å². The number of aromatic nitrogens is 1. The van der Waals surface area contributed by atoms with Gasteiger partial charge >= 0.3 is 6.18 Å². The first-order valence-electron chi connectivity index (χ1n) is 5.99. The molecule has 0 spiro atoms. The van der Waals surface area contributed by atoms with Crippen molar-refractivity contribution in [2.24, 2.45) is 0 Å². The molecule has 2 nitrogen and oxygen atoms in total. The molecule has 0 radical (unpaired) electrons. The molecule has 1 aliphatic heterocycles. The topological polar surface area (TPSA) is 24.9 Å². The average molecular weight is 328 g/mol. The van der Waals surface area contributed by atoms with Crippen LogP contribution >= 0.6 is 34.9 Å². The molecule has 8 heteroatoms. The van der Waals surface area contributed by atoms with Gasteiger partial charge in [0.05, 0.1) is 10.1 Å². The Labute approximate surface area is 122 Å². The predicted octanol–water partition coefficient (Wildman–Crippen LogP) is 3.79. The zero-order chi connectivity index (χ0) is 13.9. The number of thiazole rings is 1. The van der Waals surface area contributed by atoms with Crippen molar-refractivity contribution in [3.05, 3.63) is 15.6 Å². The van der Waals surface area contributed by atoms with Crippen molar-refractivity contribution in [2.75, 3.05) is 23.8 Å². The maximum Gasteiger partial charge on any atom is 0.434 e. The van der Waals surface area contributed by atoms with Crippen LogP contribution in [0.25, 0.3) is 0 Å². The summed E-state index contributed by atoms with van der Waals surface area (Å²) in [6.07, 6.45) is -4.36. The van der Waals surface area contributed by atoms with Gasteiger partial charge in [-0.15, -0.1) is 23.1 Å². The van der Waals surface area contributed by atoms with Gasteiger partial charge in [-0.1, -0.05) is 6.92 Å². The first-order chi connectivity index (χ1) is 9.02. The molecule has 2 rings (SSSR count). The number of nitrogens with zero attached hydrogens (tertiary/aromatic N) is 1. The highest BCUT2D eigenvalue weighted by molar-refractivity contribution is 8.06. The summed E-state index contributed by atoms with van der Waals surface area (Å²) in [5.74, 6) is 2.91. The van der Waals surface area contributed by atoms with Crippen LogP contribution in [-0.4, -0.2) is 28.8 Å². The van der Waals surface area contributed by atoms with E-state index in [1.807, 2.05) is 6.92 Å². The van der Waals surface area contributed by atoms with Crippen molar-refractivity contribution in [3.63, 3.8) is 0 Å². The van der Waals surface area contributed by atoms with Gasteiger partial charge in [0.2, 0.25) is 0 Å². The summed E-state index contributed by atoms with van der Waals surface area (Å²) in [5, 5.41) is 3.69. The second kappa shape index (κ2) is 6.69. The van der Waals surface area contributed by atoms with Crippen molar-refractivity contribution in [1.82, 2.24) is 10.3 Å². The standard InChI is InChI=1S/C11H15F3N2S3/c1-2-15-5-7-9(11(12,13)14)16-10(19-7)8-6-17-3-4-18-8/h8,15H,2-6H2,1H3. The summed E-state index contributed by atoms with van der Waals surface area (Å²) in [7, 11) is 0. The molecule has 19 heavy (non-hydrogen) atoms. The SMILES string of the molecule is CCNCc1sc(C2CSCCS2)nc1C(F)(F)F. The van der Waals surface area contributed by atoms with Crippen molar-refractivity contribution in [3.8, 4) is 0 Å². The number of alkyl halides is 3. The fraction of sp³-hybridized carbons (Fsp3) is 0.727. The van der Waals surface area contributed by atoms with E-state index in [1.54, 1.807) is 23.5 Å². The quantitative estimate of drug-likeness (QED) is 0.909. The van der Waals surface area contributed by atoms with Gasteiger partial charge in [0.1, 0.15) is 5.01 Å². The molecule has 0 aliphatic carbocycles. The molecule has 2 heterocycles. The molecule has 1 aromatic heterocycles. The third-order valence-corrected chi connectivity index (χ3v) is 6.69. The minimum Gasteiger partial charge on any atom is -0.312 e. The van der Waals surface area contributed by atoms with E-state index < -0.39 is 11.9 Å². The van der Waals surface area contributed by atoms with Crippen LogP contribution in [0, 0.1) is 0 Å². The van der Waals surface area contributed by atoms with Crippen LogP contribution in [0.3, 0.4) is 0 Å². The Morgan fingerprint density at radius 3 is 2.74 bits per heavy atom. The highest BCUT2D eigenvalue weighted by Crippen LogP contribution is 2.42. The lowest BCUT2D eigenvalue weighted by molar-refractivity contribution is -0.141. The molecule has 1 N–H and O–H groups in total. The molecule has 1 atom stereocenters. The Hall–Kier alpha value is 0.0800. The average Bonchev–Trinajstić information content (AvgIpc) is 2.81. The first-order valence-corrected chi connectivity index (χ1v) is 9.01. The monoisotopic (exact) mass is 328 g/mol. The third-order valence-electron chi connectivity index (χ3n) is 2.61. The van der Waals surface area contributed by atoms with E-state index in [4.69, 9.17) is 0 Å². The van der Waals surface area contributed by atoms with Gasteiger partial charge in [0.15, 0.2) is 5.69 Å². The molecule has 0 saturated carbocycles. The summed E-state index contributed by atoms with van der Waals surface area (Å²) < 4.78 is 38.9. The zero-order valence-electron chi connectivity index (χ0n) is 10.4. The minimum atomic E-state index is -4.36. The lowest BCUT2D eigenvalue weighted by Crippen LogP contribution is -2.15. The van der Waals surface area contributed by atoms with Gasteiger partial charge < -0.3 is 5.32 Å². The molecular weight excluding hydrogens is 313 g/mol. The lowest BCUT2D eigenvalue weighted by Gasteiger charge is -2.18. The Morgan fingerprint density at radius 1 is 1.37 bits per heavy atom. The van der Waals surface area contributed by atoms with Crippen molar-refractivity contribution < 1.29 is 13.2 Å². The van der Waals surface area contributed by atoms with Crippen LogP contribution in [-0.2, 0) is 12.7 Å². The molecule has 1 fully saturated rings. The zero-order valence-corrected chi connectivity index (χ0v) is 12.9. The number of hydrogen-bond acceptors (Lipinski definition) is 5. The maximum atomic E-state index is 13.0. The van der Waals surface area contributed by atoms with Crippen molar-refractivity contribution in [1.29, 1.82) is 0 Å². The fourth-order valence-electron chi connectivity index (χ4n) is 1.72. The largest absolute Gasteiger partial charge is 0.434 e. The molecule has 1 saturated heterocycles. The number of rotatable bonds is 4. The number of thioether (sulfide) groups is 2. The highest BCUT2D eigenvalue weighted by atomic mass is 32.2. The summed E-state index contributed by atoms with van der Waals surface area (Å²) in [6.45, 7) is 2.77. The van der Waals surface area contributed by atoms with E-state index in [-0.39, 0.29) is 11.8 Å². The van der Waals surface area contributed by atoms with Crippen LogP contribution < -0.4 is 5.32 Å². The van der Waals surface area contributed by atoms with E-state index in [2.05, 4.69) is 10.3 Å². The Balaban J connectivity index is 2.22. The third kappa shape index (κ3) is 4.03. The van der Waals surface area contributed by atoms with Crippen molar-refractivity contribution in [2.45, 2.75) is 24.9 Å². The van der Waals surface area contributed by atoms with Gasteiger partial charge in [-0.3, -0.25) is 0 Å². The second-order valence-corrected chi connectivity index (χ2v) is 7.61.